The van der Waals surface area contributed by atoms with E-state index in [2.05, 4.69) is 55.4 Å². The van der Waals surface area contributed by atoms with Crippen molar-refractivity contribution in [2.45, 2.75) is 25.4 Å². The zero-order chi connectivity index (χ0) is 13.7. The lowest BCUT2D eigenvalue weighted by molar-refractivity contribution is 0.199. The highest BCUT2D eigenvalue weighted by atomic mass is 79.9. The van der Waals surface area contributed by atoms with Gasteiger partial charge < -0.3 is 11.1 Å². The Kier molecular flexibility index (Phi) is 5.22. The van der Waals surface area contributed by atoms with Crippen molar-refractivity contribution in [2.75, 3.05) is 20.1 Å². The van der Waals surface area contributed by atoms with Crippen molar-refractivity contribution in [3.63, 3.8) is 0 Å². The van der Waals surface area contributed by atoms with Crippen LogP contribution in [0, 0.1) is 0 Å². The van der Waals surface area contributed by atoms with E-state index in [1.807, 2.05) is 0 Å². The topological polar surface area (TPSA) is 53.6 Å². The van der Waals surface area contributed by atoms with Crippen molar-refractivity contribution >= 4 is 21.9 Å². The second kappa shape index (κ2) is 6.91. The molecule has 2 rings (SSSR count). The van der Waals surface area contributed by atoms with E-state index in [4.69, 9.17) is 5.73 Å². The minimum atomic E-state index is 0.463. The third kappa shape index (κ3) is 4.51. The average molecular weight is 325 g/mol. The van der Waals surface area contributed by atoms with Gasteiger partial charge in [0.2, 0.25) is 0 Å². The van der Waals surface area contributed by atoms with Gasteiger partial charge >= 0.3 is 0 Å². The van der Waals surface area contributed by atoms with Gasteiger partial charge in [0.25, 0.3) is 0 Å². The van der Waals surface area contributed by atoms with Crippen molar-refractivity contribution in [2.24, 2.45) is 10.7 Å². The molecule has 5 heteroatoms. The Morgan fingerprint density at radius 1 is 1.37 bits per heavy atom. The summed E-state index contributed by atoms with van der Waals surface area (Å²) in [5.74, 6) is 0.548. The molecule has 0 saturated carbocycles. The zero-order valence-corrected chi connectivity index (χ0v) is 12.9. The molecule has 0 amide bonds. The summed E-state index contributed by atoms with van der Waals surface area (Å²) in [5.41, 5.74) is 7.06. The number of aliphatic imine (C=N–C) groups is 1. The van der Waals surface area contributed by atoms with Crippen LogP contribution >= 0.6 is 15.9 Å². The number of likely N-dealkylation sites (tertiary alicyclic amines) is 1. The number of hydrogen-bond acceptors (Lipinski definition) is 2. The Morgan fingerprint density at radius 2 is 2.00 bits per heavy atom. The van der Waals surface area contributed by atoms with Crippen molar-refractivity contribution in [1.29, 1.82) is 0 Å². The summed E-state index contributed by atoms with van der Waals surface area (Å²) < 4.78 is 1.13. The molecule has 4 nitrogen and oxygen atoms in total. The highest BCUT2D eigenvalue weighted by molar-refractivity contribution is 9.10. The van der Waals surface area contributed by atoms with Crippen LogP contribution in [-0.4, -0.2) is 37.0 Å². The molecule has 1 saturated heterocycles. The first-order valence-corrected chi connectivity index (χ1v) is 7.42. The van der Waals surface area contributed by atoms with Gasteiger partial charge in [-0.05, 0) is 30.5 Å². The van der Waals surface area contributed by atoms with Gasteiger partial charge in [-0.1, -0.05) is 28.1 Å². The first kappa shape index (κ1) is 14.3. The first-order valence-electron chi connectivity index (χ1n) is 6.63. The van der Waals surface area contributed by atoms with Gasteiger partial charge in [-0.2, -0.15) is 0 Å². The van der Waals surface area contributed by atoms with Crippen LogP contribution < -0.4 is 11.1 Å². The predicted octanol–water partition coefficient (Wildman–Crippen LogP) is 1.95. The van der Waals surface area contributed by atoms with E-state index in [0.29, 0.717) is 12.0 Å². The fraction of sp³-hybridized carbons (Fsp3) is 0.500. The number of nitrogens with two attached hydrogens (primary N) is 1. The first-order chi connectivity index (χ1) is 9.17. The Labute approximate surface area is 123 Å². The number of nitrogens with zero attached hydrogens (tertiary/aromatic N) is 2. The summed E-state index contributed by atoms with van der Waals surface area (Å²) in [6.45, 7) is 3.23. The summed E-state index contributed by atoms with van der Waals surface area (Å²) in [7, 11) is 1.71. The molecule has 1 aliphatic heterocycles. The molecule has 1 fully saturated rings. The predicted molar refractivity (Wildman–Crippen MR) is 83.1 cm³/mol. The second-order valence-electron chi connectivity index (χ2n) is 4.93. The van der Waals surface area contributed by atoms with Crippen LogP contribution in [-0.2, 0) is 6.54 Å². The van der Waals surface area contributed by atoms with E-state index in [9.17, 15) is 0 Å². The van der Waals surface area contributed by atoms with E-state index in [0.717, 1.165) is 36.9 Å². The Bertz CT molecular complexity index is 422. The highest BCUT2D eigenvalue weighted by Gasteiger charge is 2.19. The van der Waals surface area contributed by atoms with Crippen LogP contribution in [0.25, 0.3) is 0 Å². The lowest BCUT2D eigenvalue weighted by Gasteiger charge is -2.32. The number of hydrogen-bond donors (Lipinski definition) is 2. The van der Waals surface area contributed by atoms with Gasteiger partial charge in [0, 0.05) is 37.2 Å². The number of guanidine groups is 1. The zero-order valence-electron chi connectivity index (χ0n) is 11.3. The van der Waals surface area contributed by atoms with Gasteiger partial charge in [-0.15, -0.1) is 0 Å². The lowest BCUT2D eigenvalue weighted by Crippen LogP contribution is -2.46. The van der Waals surface area contributed by atoms with Crippen LogP contribution in [0.1, 0.15) is 18.4 Å². The molecule has 1 aromatic carbocycles. The molecule has 104 valence electrons. The minimum absolute atomic E-state index is 0.463. The van der Waals surface area contributed by atoms with Crippen molar-refractivity contribution < 1.29 is 0 Å². The van der Waals surface area contributed by atoms with Crippen molar-refractivity contribution in [1.82, 2.24) is 10.2 Å². The number of rotatable bonds is 3. The van der Waals surface area contributed by atoms with Crippen LogP contribution in [0.4, 0.5) is 0 Å². The molecule has 0 spiro atoms. The third-order valence-electron chi connectivity index (χ3n) is 3.50. The number of halogens is 1. The SMILES string of the molecule is CN=C(N)NC1CCN(Cc2ccc(Br)cc2)CC1. The minimum Gasteiger partial charge on any atom is -0.370 e. The summed E-state index contributed by atoms with van der Waals surface area (Å²) in [5, 5.41) is 3.26. The van der Waals surface area contributed by atoms with E-state index in [1.165, 1.54) is 5.56 Å². The maximum atomic E-state index is 5.70. The molecule has 1 aliphatic rings. The van der Waals surface area contributed by atoms with Gasteiger partial charge in [0.15, 0.2) is 5.96 Å². The second-order valence-corrected chi connectivity index (χ2v) is 5.85. The van der Waals surface area contributed by atoms with E-state index < -0.39 is 0 Å². The van der Waals surface area contributed by atoms with Crippen LogP contribution in [0.2, 0.25) is 0 Å². The molecular formula is C14H21BrN4. The summed E-state index contributed by atoms with van der Waals surface area (Å²) >= 11 is 3.46. The van der Waals surface area contributed by atoms with Gasteiger partial charge in [-0.25, -0.2) is 0 Å². The lowest BCUT2D eigenvalue weighted by atomic mass is 10.0. The largest absolute Gasteiger partial charge is 0.370 e. The maximum absolute atomic E-state index is 5.70. The third-order valence-corrected chi connectivity index (χ3v) is 4.03. The fourth-order valence-electron chi connectivity index (χ4n) is 2.36. The monoisotopic (exact) mass is 324 g/mol. The molecule has 0 radical (unpaired) electrons. The number of benzene rings is 1. The van der Waals surface area contributed by atoms with Crippen LogP contribution in [0.5, 0.6) is 0 Å². The standard InChI is InChI=1S/C14H21BrN4/c1-17-14(16)18-13-6-8-19(9-7-13)10-11-2-4-12(15)5-3-11/h2-5,13H,6-10H2,1H3,(H3,16,17,18). The van der Waals surface area contributed by atoms with E-state index in [1.54, 1.807) is 7.05 Å². The average Bonchev–Trinajstić information content (AvgIpc) is 2.43. The molecule has 1 heterocycles. The molecule has 0 bridgehead atoms. The molecule has 0 aromatic heterocycles. The van der Waals surface area contributed by atoms with Gasteiger partial charge in [0.1, 0.15) is 0 Å². The molecule has 3 N–H and O–H groups in total. The molecule has 0 unspecified atom stereocenters. The van der Waals surface area contributed by atoms with Gasteiger partial charge in [0.05, 0.1) is 0 Å². The molecule has 0 aliphatic carbocycles. The number of piperidine rings is 1. The molecule has 19 heavy (non-hydrogen) atoms. The normalized spacial score (nSPS) is 18.5. The Balaban J connectivity index is 1.78. The van der Waals surface area contributed by atoms with Gasteiger partial charge in [-0.3, -0.25) is 9.89 Å². The smallest absolute Gasteiger partial charge is 0.188 e. The quantitative estimate of drug-likeness (QED) is 0.660. The summed E-state index contributed by atoms with van der Waals surface area (Å²) in [4.78, 5) is 6.43. The number of nitrogens with one attached hydrogen (secondary N) is 1. The summed E-state index contributed by atoms with van der Waals surface area (Å²) in [6, 6.07) is 9.01. The molecular weight excluding hydrogens is 304 g/mol. The van der Waals surface area contributed by atoms with Crippen LogP contribution in [0.3, 0.4) is 0 Å². The van der Waals surface area contributed by atoms with E-state index in [-0.39, 0.29) is 0 Å². The Morgan fingerprint density at radius 3 is 2.58 bits per heavy atom. The maximum Gasteiger partial charge on any atom is 0.188 e. The summed E-state index contributed by atoms with van der Waals surface area (Å²) in [6.07, 6.45) is 2.24. The highest BCUT2D eigenvalue weighted by Crippen LogP contribution is 2.16. The van der Waals surface area contributed by atoms with E-state index >= 15 is 0 Å². The molecule has 1 aromatic rings. The fourth-order valence-corrected chi connectivity index (χ4v) is 2.62. The molecule has 0 atom stereocenters. The van der Waals surface area contributed by atoms with Crippen molar-refractivity contribution in [3.8, 4) is 0 Å². The Hall–Kier alpha value is -1.07. The van der Waals surface area contributed by atoms with Crippen molar-refractivity contribution in [3.05, 3.63) is 34.3 Å². The van der Waals surface area contributed by atoms with Crippen LogP contribution in [0.15, 0.2) is 33.7 Å².